The van der Waals surface area contributed by atoms with E-state index in [1.165, 1.54) is 14.2 Å². The van der Waals surface area contributed by atoms with E-state index in [4.69, 9.17) is 4.74 Å². The minimum atomic E-state index is -3.60. The van der Waals surface area contributed by atoms with Crippen LogP contribution < -0.4 is 9.04 Å². The van der Waals surface area contributed by atoms with Gasteiger partial charge in [-0.25, -0.2) is 8.42 Å². The van der Waals surface area contributed by atoms with Crippen LogP contribution in [0.2, 0.25) is 0 Å². The summed E-state index contributed by atoms with van der Waals surface area (Å²) in [6.07, 6.45) is 1.02. The second-order valence-corrected chi connectivity index (χ2v) is 5.42. The standard InChI is InChI=1S/C11H15NO5S/c1-16-10-7-5-4-6-9(10)12(18(3,14)15)8-11(13)17-2/h4-7H,8H2,1-3H3. The molecule has 1 aromatic carbocycles. The van der Waals surface area contributed by atoms with Crippen LogP contribution in [0.15, 0.2) is 24.3 Å². The molecule has 6 nitrogen and oxygen atoms in total. The van der Waals surface area contributed by atoms with Gasteiger partial charge >= 0.3 is 5.97 Å². The first-order valence-corrected chi connectivity index (χ1v) is 6.92. The highest BCUT2D eigenvalue weighted by Crippen LogP contribution is 2.29. The number of sulfonamides is 1. The second kappa shape index (κ2) is 5.72. The molecule has 100 valence electrons. The van der Waals surface area contributed by atoms with Crippen molar-refractivity contribution in [2.24, 2.45) is 0 Å². The first-order chi connectivity index (χ1) is 8.40. The summed E-state index contributed by atoms with van der Waals surface area (Å²) in [7, 11) is -0.976. The largest absolute Gasteiger partial charge is 0.495 e. The van der Waals surface area contributed by atoms with Gasteiger partial charge in [0.2, 0.25) is 10.0 Å². The minimum absolute atomic E-state index is 0.299. The zero-order chi connectivity index (χ0) is 13.8. The number of esters is 1. The van der Waals surface area contributed by atoms with Gasteiger partial charge in [-0.1, -0.05) is 12.1 Å². The number of methoxy groups -OCH3 is 2. The maximum absolute atomic E-state index is 11.7. The van der Waals surface area contributed by atoms with Gasteiger partial charge in [-0.05, 0) is 12.1 Å². The predicted octanol–water partition coefficient (Wildman–Crippen LogP) is 0.634. The van der Waals surface area contributed by atoms with Gasteiger partial charge in [-0.2, -0.15) is 0 Å². The molecular weight excluding hydrogens is 258 g/mol. The maximum Gasteiger partial charge on any atom is 0.326 e. The number of rotatable bonds is 5. The second-order valence-electron chi connectivity index (χ2n) is 3.52. The zero-order valence-electron chi connectivity index (χ0n) is 10.4. The highest BCUT2D eigenvalue weighted by Gasteiger charge is 2.23. The molecule has 0 atom stereocenters. The molecule has 0 radical (unpaired) electrons. The van der Waals surface area contributed by atoms with Crippen molar-refractivity contribution in [3.8, 4) is 5.75 Å². The third kappa shape index (κ3) is 3.36. The monoisotopic (exact) mass is 273 g/mol. The number of benzene rings is 1. The minimum Gasteiger partial charge on any atom is -0.495 e. The average molecular weight is 273 g/mol. The molecular formula is C11H15NO5S. The SMILES string of the molecule is COC(=O)CN(c1ccccc1OC)S(C)(=O)=O. The molecule has 0 fully saturated rings. The van der Waals surface area contributed by atoms with Crippen molar-refractivity contribution in [3.63, 3.8) is 0 Å². The van der Waals surface area contributed by atoms with Gasteiger partial charge in [0.15, 0.2) is 0 Å². The van der Waals surface area contributed by atoms with Gasteiger partial charge in [0.25, 0.3) is 0 Å². The van der Waals surface area contributed by atoms with E-state index in [0.29, 0.717) is 11.4 Å². The number of hydrogen-bond acceptors (Lipinski definition) is 5. The van der Waals surface area contributed by atoms with E-state index in [2.05, 4.69) is 4.74 Å². The quantitative estimate of drug-likeness (QED) is 0.736. The summed E-state index contributed by atoms with van der Waals surface area (Å²) in [6, 6.07) is 6.54. The lowest BCUT2D eigenvalue weighted by atomic mass is 10.3. The van der Waals surface area contributed by atoms with Crippen molar-refractivity contribution in [2.75, 3.05) is 31.3 Å². The molecule has 0 N–H and O–H groups in total. The molecule has 0 saturated carbocycles. The Bertz CT molecular complexity index is 526. The number of carbonyl (C=O) groups is 1. The van der Waals surface area contributed by atoms with E-state index in [1.54, 1.807) is 24.3 Å². The molecule has 0 unspecified atom stereocenters. The lowest BCUT2D eigenvalue weighted by molar-refractivity contribution is -0.138. The summed E-state index contributed by atoms with van der Waals surface area (Å²) in [5.74, 6) is -0.279. The molecule has 0 saturated heterocycles. The molecule has 0 spiro atoms. The summed E-state index contributed by atoms with van der Waals surface area (Å²) in [4.78, 5) is 11.3. The van der Waals surface area contributed by atoms with E-state index in [-0.39, 0.29) is 0 Å². The van der Waals surface area contributed by atoms with Gasteiger partial charge in [0, 0.05) is 0 Å². The fraction of sp³-hybridized carbons (Fsp3) is 0.364. The van der Waals surface area contributed by atoms with Crippen molar-refractivity contribution in [2.45, 2.75) is 0 Å². The first-order valence-electron chi connectivity index (χ1n) is 5.07. The Morgan fingerprint density at radius 2 is 1.89 bits per heavy atom. The third-order valence-corrected chi connectivity index (χ3v) is 3.38. The smallest absolute Gasteiger partial charge is 0.326 e. The molecule has 0 bridgehead atoms. The van der Waals surface area contributed by atoms with Gasteiger partial charge in [-0.15, -0.1) is 0 Å². The van der Waals surface area contributed by atoms with Gasteiger partial charge in [-0.3, -0.25) is 9.10 Å². The van der Waals surface area contributed by atoms with E-state index in [9.17, 15) is 13.2 Å². The Morgan fingerprint density at radius 3 is 2.39 bits per heavy atom. The first kappa shape index (κ1) is 14.3. The molecule has 0 aromatic heterocycles. The molecule has 1 rings (SSSR count). The molecule has 0 amide bonds. The van der Waals surface area contributed by atoms with Crippen molar-refractivity contribution in [1.82, 2.24) is 0 Å². The van der Waals surface area contributed by atoms with Gasteiger partial charge in [0.1, 0.15) is 12.3 Å². The van der Waals surface area contributed by atoms with E-state index < -0.39 is 22.5 Å². The van der Waals surface area contributed by atoms with Crippen LogP contribution >= 0.6 is 0 Å². The lowest BCUT2D eigenvalue weighted by Crippen LogP contribution is -2.35. The highest BCUT2D eigenvalue weighted by atomic mass is 32.2. The van der Waals surface area contributed by atoms with Crippen LogP contribution in [-0.4, -0.2) is 41.4 Å². The van der Waals surface area contributed by atoms with E-state index in [1.807, 2.05) is 0 Å². The molecule has 7 heteroatoms. The number of nitrogens with zero attached hydrogens (tertiary/aromatic N) is 1. The Kier molecular flexibility index (Phi) is 4.55. The molecule has 0 aliphatic heterocycles. The maximum atomic E-state index is 11.7. The van der Waals surface area contributed by atoms with Crippen LogP contribution in [0.3, 0.4) is 0 Å². The zero-order valence-corrected chi connectivity index (χ0v) is 11.2. The Labute approximate surface area is 106 Å². The number of ether oxygens (including phenoxy) is 2. The number of para-hydroxylation sites is 2. The molecule has 0 aliphatic rings. The van der Waals surface area contributed by atoms with Crippen molar-refractivity contribution in [3.05, 3.63) is 24.3 Å². The number of anilines is 1. The Balaban J connectivity index is 3.22. The van der Waals surface area contributed by atoms with Crippen LogP contribution in [0.5, 0.6) is 5.75 Å². The number of carbonyl (C=O) groups excluding carboxylic acids is 1. The number of hydrogen-bond donors (Lipinski definition) is 0. The third-order valence-electron chi connectivity index (χ3n) is 2.25. The van der Waals surface area contributed by atoms with Crippen molar-refractivity contribution in [1.29, 1.82) is 0 Å². The van der Waals surface area contributed by atoms with Crippen LogP contribution in [0.1, 0.15) is 0 Å². The topological polar surface area (TPSA) is 72.9 Å². The molecule has 0 heterocycles. The summed E-state index contributed by atoms with van der Waals surface area (Å²) < 4.78 is 33.9. The Morgan fingerprint density at radius 1 is 1.28 bits per heavy atom. The molecule has 0 aliphatic carbocycles. The van der Waals surface area contributed by atoms with Crippen LogP contribution in [0, 0.1) is 0 Å². The normalized spacial score (nSPS) is 10.8. The summed E-state index contributed by atoms with van der Waals surface area (Å²) in [5, 5.41) is 0. The van der Waals surface area contributed by atoms with Crippen LogP contribution in [-0.2, 0) is 19.6 Å². The van der Waals surface area contributed by atoms with Gasteiger partial charge < -0.3 is 9.47 Å². The summed E-state index contributed by atoms with van der Waals surface area (Å²) in [5.41, 5.74) is 0.299. The van der Waals surface area contributed by atoms with Crippen molar-refractivity contribution < 1.29 is 22.7 Å². The van der Waals surface area contributed by atoms with Crippen LogP contribution in [0.4, 0.5) is 5.69 Å². The van der Waals surface area contributed by atoms with Gasteiger partial charge in [0.05, 0.1) is 26.2 Å². The van der Waals surface area contributed by atoms with Crippen molar-refractivity contribution >= 4 is 21.7 Å². The molecule has 1 aromatic rings. The highest BCUT2D eigenvalue weighted by molar-refractivity contribution is 7.92. The van der Waals surface area contributed by atoms with E-state index >= 15 is 0 Å². The fourth-order valence-corrected chi connectivity index (χ4v) is 2.25. The predicted molar refractivity (Wildman–Crippen MR) is 67.2 cm³/mol. The summed E-state index contributed by atoms with van der Waals surface area (Å²) in [6.45, 7) is -0.393. The average Bonchev–Trinajstić information content (AvgIpc) is 2.34. The molecule has 18 heavy (non-hydrogen) atoms. The fourth-order valence-electron chi connectivity index (χ4n) is 1.40. The Hall–Kier alpha value is -1.76. The van der Waals surface area contributed by atoms with E-state index in [0.717, 1.165) is 10.6 Å². The summed E-state index contributed by atoms with van der Waals surface area (Å²) >= 11 is 0. The lowest BCUT2D eigenvalue weighted by Gasteiger charge is -2.22. The van der Waals surface area contributed by atoms with Crippen LogP contribution in [0.25, 0.3) is 0 Å².